The molecule has 0 bridgehead atoms. The number of aromatic nitrogens is 1. The Labute approximate surface area is 195 Å². The van der Waals surface area contributed by atoms with Gasteiger partial charge in [-0.2, -0.15) is 13.2 Å². The number of alkyl halides is 3. The second-order valence-electron chi connectivity index (χ2n) is 8.11. The first-order chi connectivity index (χ1) is 16.1. The standard InChI is InChI=1S/C23H27F3N4O4/c1-15-12-30(13-16(2)34-15)21(31)19-5-3-17(4-6-19)10-28-22(32)29-11-18-7-8-27-20(9-18)33-14-23(24,25)26/h3-9,15-16H,10-14H2,1-2H3,(H2,28,29,32). The number of nitrogens with zero attached hydrogens (tertiary/aromatic N) is 2. The number of carbonyl (C=O) groups is 2. The molecular weight excluding hydrogens is 453 g/mol. The Kier molecular flexibility index (Phi) is 8.32. The van der Waals surface area contributed by atoms with E-state index >= 15 is 0 Å². The first-order valence-electron chi connectivity index (χ1n) is 10.8. The molecule has 2 N–H and O–H groups in total. The lowest BCUT2D eigenvalue weighted by atomic mass is 10.1. The maximum Gasteiger partial charge on any atom is 0.422 e. The van der Waals surface area contributed by atoms with Crippen LogP contribution in [-0.2, 0) is 17.8 Å². The summed E-state index contributed by atoms with van der Waals surface area (Å²) in [6, 6.07) is 9.43. The molecular formula is C23H27F3N4O4. The Hall–Kier alpha value is -3.34. The van der Waals surface area contributed by atoms with Crippen molar-refractivity contribution in [3.05, 3.63) is 59.3 Å². The average Bonchev–Trinajstić information content (AvgIpc) is 2.79. The van der Waals surface area contributed by atoms with Crippen molar-refractivity contribution in [2.75, 3.05) is 19.7 Å². The van der Waals surface area contributed by atoms with E-state index in [1.165, 1.54) is 12.3 Å². The summed E-state index contributed by atoms with van der Waals surface area (Å²) in [7, 11) is 0. The Morgan fingerprint density at radius 2 is 1.68 bits per heavy atom. The third-order valence-electron chi connectivity index (χ3n) is 5.00. The second-order valence-corrected chi connectivity index (χ2v) is 8.11. The van der Waals surface area contributed by atoms with Crippen LogP contribution in [-0.4, -0.2) is 59.9 Å². The van der Waals surface area contributed by atoms with Crippen LogP contribution in [0.5, 0.6) is 5.88 Å². The normalized spacial score (nSPS) is 18.3. The van der Waals surface area contributed by atoms with Gasteiger partial charge in [-0.05, 0) is 43.2 Å². The van der Waals surface area contributed by atoms with Crippen LogP contribution < -0.4 is 15.4 Å². The van der Waals surface area contributed by atoms with Crippen LogP contribution >= 0.6 is 0 Å². The molecule has 1 aromatic heterocycles. The van der Waals surface area contributed by atoms with Crippen molar-refractivity contribution < 1.29 is 32.2 Å². The molecule has 0 spiro atoms. The predicted octanol–water partition coefficient (Wildman–Crippen LogP) is 3.27. The molecule has 1 saturated heterocycles. The highest BCUT2D eigenvalue weighted by molar-refractivity contribution is 5.94. The highest BCUT2D eigenvalue weighted by Gasteiger charge is 2.29. The summed E-state index contributed by atoms with van der Waals surface area (Å²) >= 11 is 0. The molecule has 2 atom stereocenters. The lowest BCUT2D eigenvalue weighted by molar-refractivity contribution is -0.154. The summed E-state index contributed by atoms with van der Waals surface area (Å²) in [6.45, 7) is 3.84. The van der Waals surface area contributed by atoms with Gasteiger partial charge in [0.1, 0.15) is 0 Å². The van der Waals surface area contributed by atoms with Crippen molar-refractivity contribution in [3.63, 3.8) is 0 Å². The van der Waals surface area contributed by atoms with E-state index in [2.05, 4.69) is 20.4 Å². The van der Waals surface area contributed by atoms with E-state index in [4.69, 9.17) is 4.74 Å². The molecule has 1 aliphatic heterocycles. The van der Waals surface area contributed by atoms with Crippen LogP contribution in [0.3, 0.4) is 0 Å². The lowest BCUT2D eigenvalue weighted by Gasteiger charge is -2.35. The van der Waals surface area contributed by atoms with Gasteiger partial charge in [0.15, 0.2) is 6.61 Å². The molecule has 1 fully saturated rings. The number of nitrogens with one attached hydrogen (secondary N) is 2. The largest absolute Gasteiger partial charge is 0.468 e. The van der Waals surface area contributed by atoms with Gasteiger partial charge in [0.05, 0.1) is 12.2 Å². The van der Waals surface area contributed by atoms with E-state index in [0.717, 1.165) is 5.56 Å². The predicted molar refractivity (Wildman–Crippen MR) is 117 cm³/mol. The van der Waals surface area contributed by atoms with Crippen LogP contribution in [0.4, 0.5) is 18.0 Å². The number of hydrogen-bond donors (Lipinski definition) is 2. The van der Waals surface area contributed by atoms with Crippen molar-refractivity contribution in [1.82, 2.24) is 20.5 Å². The minimum atomic E-state index is -4.46. The van der Waals surface area contributed by atoms with Gasteiger partial charge in [0.25, 0.3) is 5.91 Å². The maximum atomic E-state index is 12.7. The molecule has 8 nitrogen and oxygen atoms in total. The van der Waals surface area contributed by atoms with Gasteiger partial charge in [-0.25, -0.2) is 9.78 Å². The van der Waals surface area contributed by atoms with E-state index in [0.29, 0.717) is 24.2 Å². The smallest absolute Gasteiger partial charge is 0.422 e. The molecule has 2 aromatic rings. The molecule has 3 amide bonds. The van der Waals surface area contributed by atoms with Gasteiger partial charge in [-0.1, -0.05) is 12.1 Å². The van der Waals surface area contributed by atoms with Crippen LogP contribution in [0.2, 0.25) is 0 Å². The van der Waals surface area contributed by atoms with Crippen molar-refractivity contribution >= 4 is 11.9 Å². The average molecular weight is 480 g/mol. The first-order valence-corrected chi connectivity index (χ1v) is 10.8. The van der Waals surface area contributed by atoms with E-state index < -0.39 is 18.8 Å². The first kappa shape index (κ1) is 25.3. The number of benzene rings is 1. The van der Waals surface area contributed by atoms with E-state index in [9.17, 15) is 22.8 Å². The van der Waals surface area contributed by atoms with E-state index in [-0.39, 0.29) is 37.1 Å². The summed E-state index contributed by atoms with van der Waals surface area (Å²) in [5, 5.41) is 5.32. The minimum absolute atomic E-state index is 0.0131. The highest BCUT2D eigenvalue weighted by atomic mass is 19.4. The Balaban J connectivity index is 1.44. The quantitative estimate of drug-likeness (QED) is 0.635. The Morgan fingerprint density at radius 3 is 2.29 bits per heavy atom. The summed E-state index contributed by atoms with van der Waals surface area (Å²) in [5.41, 5.74) is 1.91. The number of morpholine rings is 1. The lowest BCUT2D eigenvalue weighted by Crippen LogP contribution is -2.48. The molecule has 2 unspecified atom stereocenters. The molecule has 0 saturated carbocycles. The number of halogens is 3. The van der Waals surface area contributed by atoms with Crippen molar-refractivity contribution in [1.29, 1.82) is 0 Å². The zero-order valence-electron chi connectivity index (χ0n) is 18.9. The molecule has 1 aromatic carbocycles. The SMILES string of the molecule is CC1CN(C(=O)c2ccc(CNC(=O)NCc3ccnc(OCC(F)(F)F)c3)cc2)CC(C)O1. The highest BCUT2D eigenvalue weighted by Crippen LogP contribution is 2.18. The van der Waals surface area contributed by atoms with Crippen LogP contribution in [0.15, 0.2) is 42.6 Å². The summed E-state index contributed by atoms with van der Waals surface area (Å²) in [5.74, 6) is -0.233. The molecule has 1 aliphatic rings. The van der Waals surface area contributed by atoms with Gasteiger partial charge < -0.3 is 25.0 Å². The van der Waals surface area contributed by atoms with E-state index in [1.54, 1.807) is 35.2 Å². The summed E-state index contributed by atoms with van der Waals surface area (Å²) in [6.07, 6.45) is -3.18. The maximum absolute atomic E-state index is 12.7. The van der Waals surface area contributed by atoms with Gasteiger partial charge in [0, 0.05) is 44.0 Å². The number of urea groups is 1. The van der Waals surface area contributed by atoms with Crippen LogP contribution in [0, 0.1) is 0 Å². The number of amides is 3. The summed E-state index contributed by atoms with van der Waals surface area (Å²) < 4.78 is 47.0. The van der Waals surface area contributed by atoms with Gasteiger partial charge in [-0.3, -0.25) is 4.79 Å². The second kappa shape index (κ2) is 11.2. The van der Waals surface area contributed by atoms with Crippen molar-refractivity contribution in [3.8, 4) is 5.88 Å². The number of pyridine rings is 1. The third-order valence-corrected chi connectivity index (χ3v) is 5.00. The molecule has 2 heterocycles. The molecule has 184 valence electrons. The Morgan fingerprint density at radius 1 is 1.06 bits per heavy atom. The van der Waals surface area contributed by atoms with Crippen LogP contribution in [0.1, 0.15) is 35.3 Å². The fourth-order valence-electron chi connectivity index (χ4n) is 3.51. The number of ether oxygens (including phenoxy) is 2. The molecule has 34 heavy (non-hydrogen) atoms. The van der Waals surface area contributed by atoms with Crippen molar-refractivity contribution in [2.45, 2.75) is 45.3 Å². The number of hydrogen-bond acceptors (Lipinski definition) is 5. The Bertz CT molecular complexity index is 975. The van der Waals surface area contributed by atoms with Crippen LogP contribution in [0.25, 0.3) is 0 Å². The zero-order valence-corrected chi connectivity index (χ0v) is 18.9. The van der Waals surface area contributed by atoms with Gasteiger partial charge in [-0.15, -0.1) is 0 Å². The van der Waals surface area contributed by atoms with E-state index in [1.807, 2.05) is 13.8 Å². The minimum Gasteiger partial charge on any atom is -0.468 e. The third kappa shape index (κ3) is 7.91. The zero-order chi connectivity index (χ0) is 24.7. The molecule has 0 aliphatic carbocycles. The molecule has 3 rings (SSSR count). The summed E-state index contributed by atoms with van der Waals surface area (Å²) in [4.78, 5) is 30.3. The number of rotatable bonds is 7. The van der Waals surface area contributed by atoms with Gasteiger partial charge >= 0.3 is 12.2 Å². The fourth-order valence-corrected chi connectivity index (χ4v) is 3.51. The van der Waals surface area contributed by atoms with Gasteiger partial charge in [0.2, 0.25) is 5.88 Å². The topological polar surface area (TPSA) is 92.8 Å². The number of carbonyl (C=O) groups excluding carboxylic acids is 2. The monoisotopic (exact) mass is 480 g/mol. The molecule has 11 heteroatoms. The molecule has 0 radical (unpaired) electrons. The fraction of sp³-hybridized carbons (Fsp3) is 0.435. The van der Waals surface area contributed by atoms with Crippen molar-refractivity contribution in [2.24, 2.45) is 0 Å².